The second-order valence-corrected chi connectivity index (χ2v) is 3.21. The molecule has 2 unspecified atom stereocenters. The highest BCUT2D eigenvalue weighted by Crippen LogP contribution is 2.18. The molecule has 2 atom stereocenters. The van der Waals surface area contributed by atoms with E-state index in [1.165, 1.54) is 6.07 Å². The van der Waals surface area contributed by atoms with Crippen molar-refractivity contribution in [2.45, 2.75) is 12.2 Å². The third-order valence-electron chi connectivity index (χ3n) is 1.88. The molecule has 1 aromatic rings. The highest BCUT2D eigenvalue weighted by molar-refractivity contribution is 6.18. The first kappa shape index (κ1) is 11.0. The summed E-state index contributed by atoms with van der Waals surface area (Å²) >= 11 is 5.40. The smallest absolute Gasteiger partial charge is 0.106 e. The molecule has 0 saturated carbocycles. The van der Waals surface area contributed by atoms with Crippen molar-refractivity contribution in [1.29, 1.82) is 5.26 Å². The van der Waals surface area contributed by atoms with Crippen molar-refractivity contribution >= 4 is 11.6 Å². The predicted octanol–water partition coefficient (Wildman–Crippen LogP) is 1.19. The quantitative estimate of drug-likeness (QED) is 0.739. The summed E-state index contributed by atoms with van der Waals surface area (Å²) in [7, 11) is 0. The number of halogens is 1. The van der Waals surface area contributed by atoms with E-state index < -0.39 is 12.2 Å². The highest BCUT2D eigenvalue weighted by Gasteiger charge is 2.17. The summed E-state index contributed by atoms with van der Waals surface area (Å²) in [6.07, 6.45) is -2.05. The molecule has 3 nitrogen and oxygen atoms in total. The molecule has 0 amide bonds. The normalized spacial score (nSPS) is 14.4. The molecule has 0 heterocycles. The zero-order valence-corrected chi connectivity index (χ0v) is 8.15. The van der Waals surface area contributed by atoms with Crippen molar-refractivity contribution in [3.05, 3.63) is 35.4 Å². The van der Waals surface area contributed by atoms with Crippen molar-refractivity contribution in [3.63, 3.8) is 0 Å². The SMILES string of the molecule is N#Cc1cccc(C(O)C(O)CCl)c1. The summed E-state index contributed by atoms with van der Waals surface area (Å²) in [6, 6.07) is 8.40. The first-order valence-corrected chi connectivity index (χ1v) is 4.64. The van der Waals surface area contributed by atoms with E-state index >= 15 is 0 Å². The third kappa shape index (κ3) is 2.46. The van der Waals surface area contributed by atoms with Crippen molar-refractivity contribution in [3.8, 4) is 6.07 Å². The minimum absolute atomic E-state index is 0.0437. The zero-order valence-electron chi connectivity index (χ0n) is 7.39. The first-order chi connectivity index (χ1) is 6.69. The Kier molecular flexibility index (Phi) is 3.90. The van der Waals surface area contributed by atoms with E-state index in [1.54, 1.807) is 18.2 Å². The van der Waals surface area contributed by atoms with Gasteiger partial charge in [0.15, 0.2) is 0 Å². The minimum Gasteiger partial charge on any atom is -0.389 e. The van der Waals surface area contributed by atoms with Gasteiger partial charge in [-0.15, -0.1) is 11.6 Å². The first-order valence-electron chi connectivity index (χ1n) is 4.11. The molecule has 1 aromatic carbocycles. The van der Waals surface area contributed by atoms with Crippen LogP contribution in [0.1, 0.15) is 17.2 Å². The molecular formula is C10H10ClNO2. The predicted molar refractivity (Wildman–Crippen MR) is 52.8 cm³/mol. The fourth-order valence-corrected chi connectivity index (χ4v) is 1.27. The molecule has 0 aliphatic rings. The van der Waals surface area contributed by atoms with E-state index in [1.807, 2.05) is 6.07 Å². The van der Waals surface area contributed by atoms with Crippen LogP contribution in [-0.4, -0.2) is 22.2 Å². The molecule has 0 aliphatic heterocycles. The van der Waals surface area contributed by atoms with Gasteiger partial charge in [0.05, 0.1) is 23.6 Å². The topological polar surface area (TPSA) is 64.2 Å². The molecule has 14 heavy (non-hydrogen) atoms. The summed E-state index contributed by atoms with van der Waals surface area (Å²) in [5.41, 5.74) is 0.945. The lowest BCUT2D eigenvalue weighted by Gasteiger charge is -2.15. The van der Waals surface area contributed by atoms with Crippen LogP contribution in [0.25, 0.3) is 0 Å². The molecule has 2 N–H and O–H groups in total. The van der Waals surface area contributed by atoms with Gasteiger partial charge in [0, 0.05) is 0 Å². The van der Waals surface area contributed by atoms with Crippen LogP contribution in [0, 0.1) is 11.3 Å². The van der Waals surface area contributed by atoms with Crippen LogP contribution in [0.3, 0.4) is 0 Å². The van der Waals surface area contributed by atoms with E-state index in [4.69, 9.17) is 16.9 Å². The molecule has 0 radical (unpaired) electrons. The number of nitrogens with zero attached hydrogens (tertiary/aromatic N) is 1. The number of nitriles is 1. The Balaban J connectivity index is 2.91. The second-order valence-electron chi connectivity index (χ2n) is 2.90. The maximum absolute atomic E-state index is 9.57. The summed E-state index contributed by atoms with van der Waals surface area (Å²) in [6.45, 7) is 0. The minimum atomic E-state index is -1.04. The van der Waals surface area contributed by atoms with Crippen LogP contribution in [0.5, 0.6) is 0 Å². The van der Waals surface area contributed by atoms with Gasteiger partial charge in [0.25, 0.3) is 0 Å². The third-order valence-corrected chi connectivity index (χ3v) is 2.20. The van der Waals surface area contributed by atoms with Crippen molar-refractivity contribution in [2.24, 2.45) is 0 Å². The summed E-state index contributed by atoms with van der Waals surface area (Å²) in [4.78, 5) is 0. The molecule has 0 aliphatic carbocycles. The lowest BCUT2D eigenvalue weighted by atomic mass is 10.0. The average molecular weight is 212 g/mol. The van der Waals surface area contributed by atoms with Crippen molar-refractivity contribution < 1.29 is 10.2 Å². The highest BCUT2D eigenvalue weighted by atomic mass is 35.5. The zero-order chi connectivity index (χ0) is 10.6. The van der Waals surface area contributed by atoms with E-state index in [9.17, 15) is 10.2 Å². The number of hydrogen-bond donors (Lipinski definition) is 2. The second kappa shape index (κ2) is 4.97. The number of hydrogen-bond acceptors (Lipinski definition) is 3. The molecule has 74 valence electrons. The maximum atomic E-state index is 9.57. The number of benzene rings is 1. The fourth-order valence-electron chi connectivity index (χ4n) is 1.10. The van der Waals surface area contributed by atoms with Gasteiger partial charge >= 0.3 is 0 Å². The summed E-state index contributed by atoms with van der Waals surface area (Å²) < 4.78 is 0. The van der Waals surface area contributed by atoms with Gasteiger partial charge in [-0.1, -0.05) is 12.1 Å². The Labute approximate surface area is 87.2 Å². The molecule has 0 fully saturated rings. The largest absolute Gasteiger partial charge is 0.389 e. The summed E-state index contributed by atoms with van der Waals surface area (Å²) in [5.74, 6) is -0.0437. The summed E-state index contributed by atoms with van der Waals surface area (Å²) in [5, 5.41) is 27.5. The Morgan fingerprint density at radius 3 is 2.71 bits per heavy atom. The van der Waals surface area contributed by atoms with E-state index in [0.717, 1.165) is 0 Å². The fraction of sp³-hybridized carbons (Fsp3) is 0.300. The number of aliphatic hydroxyl groups is 2. The molecule has 0 saturated heterocycles. The Bertz CT molecular complexity index is 348. The van der Waals surface area contributed by atoms with Gasteiger partial charge in [-0.3, -0.25) is 0 Å². The van der Waals surface area contributed by atoms with Gasteiger partial charge in [-0.05, 0) is 17.7 Å². The van der Waals surface area contributed by atoms with Crippen LogP contribution in [0.2, 0.25) is 0 Å². The van der Waals surface area contributed by atoms with Gasteiger partial charge in [0.1, 0.15) is 6.10 Å². The van der Waals surface area contributed by atoms with Crippen LogP contribution in [0.15, 0.2) is 24.3 Å². The Morgan fingerprint density at radius 1 is 1.43 bits per heavy atom. The van der Waals surface area contributed by atoms with E-state index in [-0.39, 0.29) is 5.88 Å². The maximum Gasteiger partial charge on any atom is 0.106 e. The van der Waals surface area contributed by atoms with Crippen molar-refractivity contribution in [2.75, 3.05) is 5.88 Å². The molecule has 0 spiro atoms. The van der Waals surface area contributed by atoms with Crippen LogP contribution in [0.4, 0.5) is 0 Å². The Hall–Kier alpha value is -1.08. The number of alkyl halides is 1. The molecule has 1 rings (SSSR count). The van der Waals surface area contributed by atoms with Crippen molar-refractivity contribution in [1.82, 2.24) is 0 Å². The molecule has 0 bridgehead atoms. The van der Waals surface area contributed by atoms with Gasteiger partial charge in [-0.25, -0.2) is 0 Å². The van der Waals surface area contributed by atoms with Gasteiger partial charge in [-0.2, -0.15) is 5.26 Å². The van der Waals surface area contributed by atoms with Crippen LogP contribution >= 0.6 is 11.6 Å². The van der Waals surface area contributed by atoms with Crippen LogP contribution in [-0.2, 0) is 0 Å². The van der Waals surface area contributed by atoms with Crippen LogP contribution < -0.4 is 0 Å². The lowest BCUT2D eigenvalue weighted by molar-refractivity contribution is 0.0327. The standard InChI is InChI=1S/C10H10ClNO2/c11-5-9(13)10(14)8-3-1-2-7(4-8)6-12/h1-4,9-10,13-14H,5H2. The molecule has 0 aromatic heterocycles. The number of rotatable bonds is 3. The van der Waals surface area contributed by atoms with E-state index in [0.29, 0.717) is 11.1 Å². The van der Waals surface area contributed by atoms with E-state index in [2.05, 4.69) is 0 Å². The molecular weight excluding hydrogens is 202 g/mol. The number of aliphatic hydroxyl groups excluding tert-OH is 2. The molecule has 4 heteroatoms. The monoisotopic (exact) mass is 211 g/mol. The van der Waals surface area contributed by atoms with Gasteiger partial charge in [0.2, 0.25) is 0 Å². The lowest BCUT2D eigenvalue weighted by Crippen LogP contribution is -2.19. The van der Waals surface area contributed by atoms with Gasteiger partial charge < -0.3 is 10.2 Å². The average Bonchev–Trinajstić information content (AvgIpc) is 2.27. The Morgan fingerprint density at radius 2 is 2.14 bits per heavy atom.